The minimum atomic E-state index is -1.25. The molecule has 4 atom stereocenters. The molecule has 2 aliphatic rings. The Bertz CT molecular complexity index is 1150. The van der Waals surface area contributed by atoms with Gasteiger partial charge in [-0.3, -0.25) is 14.5 Å². The lowest BCUT2D eigenvalue weighted by atomic mass is 9.81. The van der Waals surface area contributed by atoms with Gasteiger partial charge >= 0.3 is 5.97 Å². The number of pyridine rings is 1. The first-order valence-corrected chi connectivity index (χ1v) is 12.3. The van der Waals surface area contributed by atoms with Crippen molar-refractivity contribution in [2.75, 3.05) is 0 Å². The Labute approximate surface area is 209 Å². The molecule has 186 valence electrons. The summed E-state index contributed by atoms with van der Waals surface area (Å²) < 4.78 is 19.8. The third-order valence-electron chi connectivity index (χ3n) is 6.72. The topological polar surface area (TPSA) is 76.6 Å². The summed E-state index contributed by atoms with van der Waals surface area (Å²) in [5.74, 6) is -2.31. The van der Waals surface area contributed by atoms with Crippen LogP contribution in [0.25, 0.3) is 0 Å². The van der Waals surface area contributed by atoms with Crippen molar-refractivity contribution < 1.29 is 23.5 Å². The molecular weight excluding hydrogens is 471 g/mol. The van der Waals surface area contributed by atoms with Crippen LogP contribution in [0.5, 0.6) is 0 Å². The molecule has 2 aromatic rings. The van der Waals surface area contributed by atoms with Gasteiger partial charge in [-0.1, -0.05) is 42.8 Å². The van der Waals surface area contributed by atoms with E-state index in [0.29, 0.717) is 18.0 Å². The zero-order chi connectivity index (χ0) is 25.5. The van der Waals surface area contributed by atoms with E-state index < -0.39 is 35.4 Å². The third-order valence-corrected chi connectivity index (χ3v) is 6.94. The van der Waals surface area contributed by atoms with E-state index in [2.05, 4.69) is 4.98 Å². The predicted octanol–water partition coefficient (Wildman–Crippen LogP) is 4.60. The molecular formula is C27H30ClFN2O4. The second-order valence-corrected chi connectivity index (χ2v) is 10.6. The first-order chi connectivity index (χ1) is 16.4. The van der Waals surface area contributed by atoms with Gasteiger partial charge in [-0.2, -0.15) is 0 Å². The number of imide groups is 1. The third kappa shape index (κ3) is 5.40. The summed E-state index contributed by atoms with van der Waals surface area (Å²) >= 11 is 5.85. The smallest absolute Gasteiger partial charge is 0.330 e. The van der Waals surface area contributed by atoms with Gasteiger partial charge in [0.15, 0.2) is 0 Å². The van der Waals surface area contributed by atoms with E-state index in [-0.39, 0.29) is 24.9 Å². The Hall–Kier alpha value is -2.80. The SMILES string of the molecule is CC(C)OC(=O)[C@@H]1[C@@H](Cc2ccc(Cl)nc2)C(=O)N1C(=O)C[C@H](C)c1ccc2c(c1)CC(C)(F)C2. The fraction of sp³-hybridized carbons (Fsp3) is 0.481. The number of alkyl halides is 1. The lowest BCUT2D eigenvalue weighted by molar-refractivity contribution is -0.181. The fourth-order valence-corrected chi connectivity index (χ4v) is 5.11. The maximum atomic E-state index is 14.4. The van der Waals surface area contributed by atoms with Gasteiger partial charge in [0.2, 0.25) is 11.8 Å². The average molecular weight is 501 g/mol. The van der Waals surface area contributed by atoms with E-state index in [1.165, 1.54) is 0 Å². The van der Waals surface area contributed by atoms with Crippen molar-refractivity contribution in [2.24, 2.45) is 5.92 Å². The highest BCUT2D eigenvalue weighted by Gasteiger charge is 2.55. The molecule has 1 aliphatic carbocycles. The number of fused-ring (bicyclic) bond motifs is 1. The summed E-state index contributed by atoms with van der Waals surface area (Å²) in [7, 11) is 0. The standard InChI is InChI=1S/C27H30ClFN2O4/c1-15(2)35-26(34)24-21(10-17-5-8-22(28)30-14-17)25(33)31(24)23(32)9-16(3)18-6-7-19-12-27(4,29)13-20(19)11-18/h5-8,11,14-16,21,24H,9-10,12-13H2,1-4H3/t16-,21+,24-,27?/m0/s1. The molecule has 0 spiro atoms. The number of carbonyl (C=O) groups excluding carboxylic acids is 3. The highest BCUT2D eigenvalue weighted by atomic mass is 35.5. The van der Waals surface area contributed by atoms with Gasteiger partial charge < -0.3 is 4.74 Å². The molecule has 35 heavy (non-hydrogen) atoms. The summed E-state index contributed by atoms with van der Waals surface area (Å²) in [5, 5.41) is 0.331. The van der Waals surface area contributed by atoms with Crippen molar-refractivity contribution in [3.8, 4) is 0 Å². The van der Waals surface area contributed by atoms with Crippen LogP contribution in [0.15, 0.2) is 36.5 Å². The molecule has 0 saturated carbocycles. The zero-order valence-electron chi connectivity index (χ0n) is 20.4. The second-order valence-electron chi connectivity index (χ2n) is 10.2. The fourth-order valence-electron chi connectivity index (χ4n) is 5.00. The molecule has 4 rings (SSSR count). The molecule has 2 heterocycles. The maximum Gasteiger partial charge on any atom is 0.330 e. The quantitative estimate of drug-likeness (QED) is 0.315. The number of carbonyl (C=O) groups is 3. The van der Waals surface area contributed by atoms with Crippen LogP contribution in [0.1, 0.15) is 62.3 Å². The van der Waals surface area contributed by atoms with Crippen LogP contribution in [0.3, 0.4) is 0 Å². The van der Waals surface area contributed by atoms with Crippen LogP contribution in [0, 0.1) is 5.92 Å². The summed E-state index contributed by atoms with van der Waals surface area (Å²) in [6, 6.07) is 8.18. The van der Waals surface area contributed by atoms with E-state index >= 15 is 0 Å². The minimum Gasteiger partial charge on any atom is -0.461 e. The Balaban J connectivity index is 1.49. The monoisotopic (exact) mass is 500 g/mol. The zero-order valence-corrected chi connectivity index (χ0v) is 21.1. The normalized spacial score (nSPS) is 24.2. The molecule has 0 bridgehead atoms. The molecule has 1 aromatic heterocycles. The number of hydrogen-bond donors (Lipinski definition) is 0. The molecule has 1 fully saturated rings. The molecule has 1 unspecified atom stereocenters. The van der Waals surface area contributed by atoms with E-state index in [0.717, 1.165) is 27.2 Å². The van der Waals surface area contributed by atoms with Crippen molar-refractivity contribution in [2.45, 2.75) is 77.1 Å². The average Bonchev–Trinajstić information content (AvgIpc) is 3.08. The number of nitrogens with zero attached hydrogens (tertiary/aromatic N) is 2. The lowest BCUT2D eigenvalue weighted by Gasteiger charge is -2.44. The van der Waals surface area contributed by atoms with Gasteiger partial charge in [-0.15, -0.1) is 0 Å². The molecule has 2 amide bonds. The first-order valence-electron chi connectivity index (χ1n) is 11.9. The second kappa shape index (κ2) is 9.69. The van der Waals surface area contributed by atoms with Crippen molar-refractivity contribution in [3.05, 3.63) is 63.9 Å². The van der Waals surface area contributed by atoms with Crippen molar-refractivity contribution >= 4 is 29.4 Å². The highest BCUT2D eigenvalue weighted by molar-refractivity contribution is 6.29. The van der Waals surface area contributed by atoms with Gasteiger partial charge in [-0.25, -0.2) is 14.2 Å². The number of rotatable bonds is 7. The van der Waals surface area contributed by atoms with Crippen LogP contribution in [0.2, 0.25) is 5.15 Å². The number of halogens is 2. The molecule has 0 N–H and O–H groups in total. The first kappa shape index (κ1) is 25.3. The van der Waals surface area contributed by atoms with Crippen molar-refractivity contribution in [3.63, 3.8) is 0 Å². The van der Waals surface area contributed by atoms with E-state index in [1.807, 2.05) is 25.1 Å². The van der Waals surface area contributed by atoms with Crippen molar-refractivity contribution in [1.29, 1.82) is 0 Å². The van der Waals surface area contributed by atoms with Gasteiger partial charge in [0.1, 0.15) is 16.9 Å². The Kier molecular flexibility index (Phi) is 7.00. The van der Waals surface area contributed by atoms with Gasteiger partial charge in [0, 0.05) is 25.5 Å². The molecule has 1 aliphatic heterocycles. The Morgan fingerprint density at radius 2 is 1.91 bits per heavy atom. The summed E-state index contributed by atoms with van der Waals surface area (Å²) in [5.41, 5.74) is 2.36. The number of esters is 1. The number of likely N-dealkylation sites (tertiary alicyclic amines) is 1. The van der Waals surface area contributed by atoms with Crippen molar-refractivity contribution in [1.82, 2.24) is 9.88 Å². The van der Waals surface area contributed by atoms with Crippen LogP contribution in [0.4, 0.5) is 4.39 Å². The van der Waals surface area contributed by atoms with E-state index in [9.17, 15) is 18.8 Å². The van der Waals surface area contributed by atoms with Crippen LogP contribution in [-0.2, 0) is 38.4 Å². The maximum absolute atomic E-state index is 14.4. The summed E-state index contributed by atoms with van der Waals surface area (Å²) in [4.78, 5) is 44.2. The van der Waals surface area contributed by atoms with Crippen LogP contribution >= 0.6 is 11.6 Å². The number of ether oxygens (including phenoxy) is 1. The molecule has 1 saturated heterocycles. The number of β-lactam (4-membered cyclic amide) rings is 1. The molecule has 0 radical (unpaired) electrons. The summed E-state index contributed by atoms with van der Waals surface area (Å²) in [6.45, 7) is 6.94. The minimum absolute atomic E-state index is 0.0537. The van der Waals surface area contributed by atoms with E-state index in [1.54, 1.807) is 39.1 Å². The number of amides is 2. The highest BCUT2D eigenvalue weighted by Crippen LogP contribution is 2.36. The number of hydrogen-bond acceptors (Lipinski definition) is 5. The Morgan fingerprint density at radius 1 is 1.20 bits per heavy atom. The predicted molar refractivity (Wildman–Crippen MR) is 130 cm³/mol. The van der Waals surface area contributed by atoms with Gasteiger partial charge in [0.25, 0.3) is 0 Å². The molecule has 6 nitrogen and oxygen atoms in total. The molecule has 1 aromatic carbocycles. The summed E-state index contributed by atoms with van der Waals surface area (Å²) in [6.07, 6.45) is 2.24. The largest absolute Gasteiger partial charge is 0.461 e. The lowest BCUT2D eigenvalue weighted by Crippen LogP contribution is -2.67. The molecule has 8 heteroatoms. The van der Waals surface area contributed by atoms with Gasteiger partial charge in [-0.05, 0) is 61.4 Å². The van der Waals surface area contributed by atoms with E-state index in [4.69, 9.17) is 16.3 Å². The number of benzene rings is 1. The van der Waals surface area contributed by atoms with Crippen LogP contribution < -0.4 is 0 Å². The Morgan fingerprint density at radius 3 is 2.57 bits per heavy atom. The van der Waals surface area contributed by atoms with Gasteiger partial charge in [0.05, 0.1) is 12.0 Å². The van der Waals surface area contributed by atoms with Crippen LogP contribution in [-0.4, -0.2) is 45.5 Å². The number of aromatic nitrogens is 1.